The van der Waals surface area contributed by atoms with Crippen LogP contribution in [-0.4, -0.2) is 29.1 Å². The van der Waals surface area contributed by atoms with Crippen molar-refractivity contribution in [2.24, 2.45) is 13.0 Å². The first-order chi connectivity index (χ1) is 14.3. The number of aryl methyl sites for hydroxylation is 2. The molecule has 0 bridgehead atoms. The predicted octanol–water partition coefficient (Wildman–Crippen LogP) is 4.30. The second-order valence-electron chi connectivity index (χ2n) is 7.64. The Morgan fingerprint density at radius 3 is 2.38 bits per heavy atom. The second kappa shape index (κ2) is 7.28. The molecule has 6 nitrogen and oxygen atoms in total. The SMILES string of the molecule is CCc1ncc(-c2c(-c3ccccc3)ncn2[C@@H](c2nccn2C)C2CC2)cn1. The molecule has 6 heteroatoms. The highest BCUT2D eigenvalue weighted by Gasteiger charge is 2.37. The van der Waals surface area contributed by atoms with Crippen molar-refractivity contribution in [2.75, 3.05) is 0 Å². The third kappa shape index (κ3) is 3.24. The van der Waals surface area contributed by atoms with Crippen molar-refractivity contribution in [1.82, 2.24) is 29.1 Å². The quantitative estimate of drug-likeness (QED) is 0.497. The minimum absolute atomic E-state index is 0.154. The fourth-order valence-electron chi connectivity index (χ4n) is 3.96. The Bertz CT molecular complexity index is 1110. The van der Waals surface area contributed by atoms with Crippen molar-refractivity contribution in [2.45, 2.75) is 32.2 Å². The van der Waals surface area contributed by atoms with Crippen LogP contribution in [0.5, 0.6) is 0 Å². The zero-order valence-corrected chi connectivity index (χ0v) is 16.7. The van der Waals surface area contributed by atoms with Gasteiger partial charge in [-0.15, -0.1) is 0 Å². The number of hydrogen-bond acceptors (Lipinski definition) is 4. The Morgan fingerprint density at radius 2 is 1.76 bits per heavy atom. The maximum atomic E-state index is 4.85. The van der Waals surface area contributed by atoms with E-state index in [0.717, 1.165) is 40.6 Å². The standard InChI is InChI=1S/C23H24N6/c1-3-19-25-13-18(14-26-19)21-20(16-7-5-4-6-8-16)27-15-29(21)22(17-9-10-17)23-24-11-12-28(23)2/h4-8,11-15,17,22H,3,9-10H2,1-2H3/t22-/m1/s1. The lowest BCUT2D eigenvalue weighted by Gasteiger charge is -2.21. The Kier molecular flexibility index (Phi) is 4.46. The normalized spacial score (nSPS) is 14.8. The fourth-order valence-corrected chi connectivity index (χ4v) is 3.96. The van der Waals surface area contributed by atoms with Crippen molar-refractivity contribution >= 4 is 0 Å². The average Bonchev–Trinajstić information content (AvgIpc) is 3.37. The van der Waals surface area contributed by atoms with Crippen LogP contribution in [0.15, 0.2) is 61.4 Å². The van der Waals surface area contributed by atoms with Crippen LogP contribution in [0.4, 0.5) is 0 Å². The summed E-state index contributed by atoms with van der Waals surface area (Å²) < 4.78 is 4.40. The second-order valence-corrected chi connectivity index (χ2v) is 7.64. The maximum absolute atomic E-state index is 4.85. The molecule has 4 aromatic rings. The molecule has 146 valence electrons. The molecular formula is C23H24N6. The van der Waals surface area contributed by atoms with Crippen LogP contribution in [0.3, 0.4) is 0 Å². The predicted molar refractivity (Wildman–Crippen MR) is 112 cm³/mol. The molecule has 3 heterocycles. The van der Waals surface area contributed by atoms with E-state index in [1.54, 1.807) is 0 Å². The Balaban J connectivity index is 1.71. The van der Waals surface area contributed by atoms with Crippen LogP contribution in [0.2, 0.25) is 0 Å². The lowest BCUT2D eigenvalue weighted by atomic mass is 10.0. The van der Waals surface area contributed by atoms with E-state index in [1.165, 1.54) is 12.8 Å². The highest BCUT2D eigenvalue weighted by Crippen LogP contribution is 2.45. The molecule has 0 saturated heterocycles. The Morgan fingerprint density at radius 1 is 1.00 bits per heavy atom. The Labute approximate surface area is 170 Å². The van der Waals surface area contributed by atoms with E-state index >= 15 is 0 Å². The van der Waals surface area contributed by atoms with Gasteiger partial charge in [-0.05, 0) is 18.8 Å². The Hall–Kier alpha value is -3.28. The van der Waals surface area contributed by atoms with Crippen molar-refractivity contribution < 1.29 is 0 Å². The zero-order chi connectivity index (χ0) is 19.8. The summed E-state index contributed by atoms with van der Waals surface area (Å²) in [5.74, 6) is 2.49. The van der Waals surface area contributed by atoms with Gasteiger partial charge in [-0.1, -0.05) is 37.3 Å². The van der Waals surface area contributed by atoms with E-state index in [4.69, 9.17) is 4.98 Å². The topological polar surface area (TPSA) is 61.4 Å². The van der Waals surface area contributed by atoms with Gasteiger partial charge in [0.25, 0.3) is 0 Å². The molecule has 1 saturated carbocycles. The highest BCUT2D eigenvalue weighted by atomic mass is 15.2. The number of imidazole rings is 2. The van der Waals surface area contributed by atoms with Crippen LogP contribution in [0, 0.1) is 5.92 Å². The minimum atomic E-state index is 0.154. The molecule has 0 radical (unpaired) electrons. The van der Waals surface area contributed by atoms with E-state index in [1.807, 2.05) is 49.3 Å². The van der Waals surface area contributed by atoms with Crippen molar-refractivity contribution in [3.05, 3.63) is 73.1 Å². The molecule has 0 spiro atoms. The highest BCUT2D eigenvalue weighted by molar-refractivity contribution is 5.78. The third-order valence-corrected chi connectivity index (χ3v) is 5.63. The number of aromatic nitrogens is 6. The number of benzene rings is 1. The lowest BCUT2D eigenvalue weighted by Crippen LogP contribution is -2.17. The molecule has 1 atom stereocenters. The summed E-state index contributed by atoms with van der Waals surface area (Å²) in [7, 11) is 2.06. The molecule has 0 N–H and O–H groups in total. The van der Waals surface area contributed by atoms with Gasteiger partial charge >= 0.3 is 0 Å². The van der Waals surface area contributed by atoms with Gasteiger partial charge in [0.1, 0.15) is 11.6 Å². The summed E-state index contributed by atoms with van der Waals surface area (Å²) >= 11 is 0. The van der Waals surface area contributed by atoms with Gasteiger partial charge < -0.3 is 9.13 Å². The molecule has 1 aliphatic rings. The molecule has 5 rings (SSSR count). The molecule has 0 aliphatic heterocycles. The largest absolute Gasteiger partial charge is 0.336 e. The van der Waals surface area contributed by atoms with E-state index in [2.05, 4.69) is 50.2 Å². The lowest BCUT2D eigenvalue weighted by molar-refractivity contribution is 0.482. The van der Waals surface area contributed by atoms with Crippen LogP contribution in [-0.2, 0) is 13.5 Å². The van der Waals surface area contributed by atoms with Gasteiger partial charge in [-0.25, -0.2) is 19.9 Å². The average molecular weight is 384 g/mol. The van der Waals surface area contributed by atoms with Gasteiger partial charge in [0, 0.05) is 49.4 Å². The smallest absolute Gasteiger partial charge is 0.131 e. The monoisotopic (exact) mass is 384 g/mol. The first-order valence-corrected chi connectivity index (χ1v) is 10.2. The maximum Gasteiger partial charge on any atom is 0.131 e. The molecular weight excluding hydrogens is 360 g/mol. The summed E-state index contributed by atoms with van der Waals surface area (Å²) in [6.45, 7) is 2.07. The van der Waals surface area contributed by atoms with Gasteiger partial charge in [0.2, 0.25) is 0 Å². The summed E-state index contributed by atoms with van der Waals surface area (Å²) in [5, 5.41) is 0. The summed E-state index contributed by atoms with van der Waals surface area (Å²) in [6.07, 6.45) is 12.9. The summed E-state index contributed by atoms with van der Waals surface area (Å²) in [5.41, 5.74) is 4.09. The van der Waals surface area contributed by atoms with Gasteiger partial charge in [0.15, 0.2) is 0 Å². The molecule has 3 aromatic heterocycles. The van der Waals surface area contributed by atoms with E-state index in [9.17, 15) is 0 Å². The molecule has 0 amide bonds. The van der Waals surface area contributed by atoms with E-state index < -0.39 is 0 Å². The van der Waals surface area contributed by atoms with E-state index in [-0.39, 0.29) is 6.04 Å². The van der Waals surface area contributed by atoms with Crippen LogP contribution in [0.25, 0.3) is 22.5 Å². The molecule has 1 aromatic carbocycles. The molecule has 1 aliphatic carbocycles. The van der Waals surface area contributed by atoms with Gasteiger partial charge in [0.05, 0.1) is 23.8 Å². The summed E-state index contributed by atoms with van der Waals surface area (Å²) in [6, 6.07) is 10.5. The third-order valence-electron chi connectivity index (χ3n) is 5.63. The van der Waals surface area contributed by atoms with Crippen LogP contribution < -0.4 is 0 Å². The zero-order valence-electron chi connectivity index (χ0n) is 16.7. The number of rotatable bonds is 6. The van der Waals surface area contributed by atoms with Crippen LogP contribution >= 0.6 is 0 Å². The van der Waals surface area contributed by atoms with Crippen molar-refractivity contribution in [3.63, 3.8) is 0 Å². The molecule has 1 fully saturated rings. The van der Waals surface area contributed by atoms with Gasteiger partial charge in [-0.3, -0.25) is 0 Å². The number of hydrogen-bond donors (Lipinski definition) is 0. The first kappa shape index (κ1) is 17.8. The van der Waals surface area contributed by atoms with Crippen molar-refractivity contribution in [1.29, 1.82) is 0 Å². The molecule has 0 unspecified atom stereocenters. The first-order valence-electron chi connectivity index (χ1n) is 10.2. The fraction of sp³-hybridized carbons (Fsp3) is 0.304. The minimum Gasteiger partial charge on any atom is -0.336 e. The number of nitrogens with zero attached hydrogens (tertiary/aromatic N) is 6. The van der Waals surface area contributed by atoms with Crippen LogP contribution in [0.1, 0.15) is 37.5 Å². The van der Waals surface area contributed by atoms with E-state index in [0.29, 0.717) is 5.92 Å². The van der Waals surface area contributed by atoms with Crippen molar-refractivity contribution in [3.8, 4) is 22.5 Å². The van der Waals surface area contributed by atoms with Gasteiger partial charge in [-0.2, -0.15) is 0 Å². The molecule has 29 heavy (non-hydrogen) atoms. The summed E-state index contributed by atoms with van der Waals surface area (Å²) in [4.78, 5) is 18.6.